The van der Waals surface area contributed by atoms with Gasteiger partial charge in [0.05, 0.1) is 25.6 Å². The molecule has 154 valence electrons. The number of nitrogens with two attached hydrogens (primary N) is 1. The number of carbonyl (C=O) groups excluding carboxylic acids is 1. The molecule has 0 saturated heterocycles. The molecule has 0 aliphatic carbocycles. The van der Waals surface area contributed by atoms with Crippen molar-refractivity contribution in [3.8, 4) is 11.5 Å². The first-order chi connectivity index (χ1) is 14.6. The molecule has 0 aliphatic heterocycles. The van der Waals surface area contributed by atoms with Gasteiger partial charge in [-0.25, -0.2) is 0 Å². The summed E-state index contributed by atoms with van der Waals surface area (Å²) in [6, 6.07) is 20.8. The second-order valence-corrected chi connectivity index (χ2v) is 6.57. The fraction of sp³-hybridized carbons (Fsp3) is 0.125. The Balaban J connectivity index is 1.55. The number of para-hydroxylation sites is 2. The molecule has 6 nitrogen and oxygen atoms in total. The summed E-state index contributed by atoms with van der Waals surface area (Å²) in [6.45, 7) is 0.660. The molecule has 0 aliphatic rings. The van der Waals surface area contributed by atoms with E-state index in [1.807, 2.05) is 54.6 Å². The molecule has 0 fully saturated rings. The van der Waals surface area contributed by atoms with E-state index < -0.39 is 0 Å². The van der Waals surface area contributed by atoms with Gasteiger partial charge in [-0.1, -0.05) is 36.4 Å². The van der Waals surface area contributed by atoms with E-state index in [1.165, 1.54) is 6.08 Å². The third-order valence-corrected chi connectivity index (χ3v) is 4.51. The van der Waals surface area contributed by atoms with E-state index in [-0.39, 0.29) is 5.91 Å². The molecule has 0 heterocycles. The van der Waals surface area contributed by atoms with Crippen LogP contribution in [0.4, 0.5) is 17.1 Å². The second-order valence-electron chi connectivity index (χ2n) is 6.57. The number of hydrogen-bond donors (Lipinski definition) is 3. The van der Waals surface area contributed by atoms with E-state index in [1.54, 1.807) is 32.4 Å². The molecule has 0 atom stereocenters. The van der Waals surface area contributed by atoms with Gasteiger partial charge in [-0.2, -0.15) is 0 Å². The summed E-state index contributed by atoms with van der Waals surface area (Å²) in [5, 5.41) is 6.13. The average molecular weight is 403 g/mol. The lowest BCUT2D eigenvalue weighted by Gasteiger charge is -2.11. The van der Waals surface area contributed by atoms with Crippen molar-refractivity contribution in [3.63, 3.8) is 0 Å². The number of benzene rings is 3. The van der Waals surface area contributed by atoms with Gasteiger partial charge in [0.25, 0.3) is 0 Å². The first kappa shape index (κ1) is 20.8. The second kappa shape index (κ2) is 10.0. The van der Waals surface area contributed by atoms with Crippen LogP contribution < -0.4 is 25.8 Å². The molecule has 0 bridgehead atoms. The van der Waals surface area contributed by atoms with E-state index in [9.17, 15) is 4.79 Å². The maximum absolute atomic E-state index is 12.1. The number of nitrogen functional groups attached to an aromatic ring is 1. The number of methoxy groups -OCH3 is 2. The van der Waals surface area contributed by atoms with Crippen molar-refractivity contribution in [2.45, 2.75) is 6.54 Å². The van der Waals surface area contributed by atoms with Gasteiger partial charge in [0.1, 0.15) is 0 Å². The van der Waals surface area contributed by atoms with Crippen LogP contribution in [0.1, 0.15) is 11.1 Å². The van der Waals surface area contributed by atoms with Crippen molar-refractivity contribution in [2.24, 2.45) is 0 Å². The molecular formula is C24H25N3O3. The van der Waals surface area contributed by atoms with E-state index >= 15 is 0 Å². The summed E-state index contributed by atoms with van der Waals surface area (Å²) in [5.74, 6) is 1.14. The Kier molecular flexibility index (Phi) is 6.95. The van der Waals surface area contributed by atoms with E-state index in [4.69, 9.17) is 15.2 Å². The minimum absolute atomic E-state index is 0.230. The summed E-state index contributed by atoms with van der Waals surface area (Å²) in [7, 11) is 3.23. The van der Waals surface area contributed by atoms with Crippen LogP contribution in [0.25, 0.3) is 6.08 Å². The van der Waals surface area contributed by atoms with Crippen molar-refractivity contribution in [2.75, 3.05) is 30.6 Å². The van der Waals surface area contributed by atoms with Crippen LogP contribution in [0.3, 0.4) is 0 Å². The Morgan fingerprint density at radius 2 is 1.70 bits per heavy atom. The van der Waals surface area contributed by atoms with Gasteiger partial charge in [-0.15, -0.1) is 0 Å². The number of amides is 1. The number of carbonyl (C=O) groups is 1. The predicted octanol–water partition coefficient (Wildman–Crippen LogP) is 4.55. The monoisotopic (exact) mass is 403 g/mol. The highest BCUT2D eigenvalue weighted by Gasteiger charge is 2.04. The number of rotatable bonds is 8. The number of nitrogens with one attached hydrogen (secondary N) is 2. The molecule has 0 aromatic heterocycles. The standard InChI is InChI=1S/C24H25N3O3/c1-29-22-13-12-19(15-23(22)30-2)26-16-18-9-7-17(8-10-18)11-14-24(28)27-21-6-4-3-5-20(21)25/h3-15,26H,16,25H2,1-2H3,(H,27,28). The van der Waals surface area contributed by atoms with Gasteiger partial charge in [-0.3, -0.25) is 4.79 Å². The quantitative estimate of drug-likeness (QED) is 0.379. The van der Waals surface area contributed by atoms with Crippen LogP contribution in [0.2, 0.25) is 0 Å². The van der Waals surface area contributed by atoms with Crippen molar-refractivity contribution in [1.29, 1.82) is 0 Å². The minimum Gasteiger partial charge on any atom is -0.493 e. The Morgan fingerprint density at radius 3 is 2.40 bits per heavy atom. The predicted molar refractivity (Wildman–Crippen MR) is 122 cm³/mol. The van der Waals surface area contributed by atoms with Gasteiger partial charge in [-0.05, 0) is 41.5 Å². The molecule has 3 rings (SSSR count). The molecular weight excluding hydrogens is 378 g/mol. The molecule has 0 radical (unpaired) electrons. The Morgan fingerprint density at radius 1 is 0.967 bits per heavy atom. The topological polar surface area (TPSA) is 85.6 Å². The van der Waals surface area contributed by atoms with Crippen molar-refractivity contribution in [3.05, 3.63) is 83.9 Å². The highest BCUT2D eigenvalue weighted by atomic mass is 16.5. The van der Waals surface area contributed by atoms with Gasteiger partial charge >= 0.3 is 0 Å². The summed E-state index contributed by atoms with van der Waals surface area (Å²) >= 11 is 0. The zero-order valence-corrected chi connectivity index (χ0v) is 17.0. The Hall–Kier alpha value is -3.93. The molecule has 4 N–H and O–H groups in total. The largest absolute Gasteiger partial charge is 0.493 e. The van der Waals surface area contributed by atoms with E-state index in [0.29, 0.717) is 29.4 Å². The lowest BCUT2D eigenvalue weighted by atomic mass is 10.1. The molecule has 0 saturated carbocycles. The highest BCUT2D eigenvalue weighted by Crippen LogP contribution is 2.29. The SMILES string of the molecule is COc1ccc(NCc2ccc(C=CC(=O)Nc3ccccc3N)cc2)cc1OC. The normalized spacial score (nSPS) is 10.6. The molecule has 3 aromatic carbocycles. The lowest BCUT2D eigenvalue weighted by molar-refractivity contribution is -0.111. The van der Waals surface area contributed by atoms with Crippen molar-refractivity contribution < 1.29 is 14.3 Å². The van der Waals surface area contributed by atoms with Gasteiger partial charge < -0.3 is 25.8 Å². The first-order valence-corrected chi connectivity index (χ1v) is 9.47. The van der Waals surface area contributed by atoms with Crippen LogP contribution in [0.15, 0.2) is 72.8 Å². The molecule has 0 unspecified atom stereocenters. The van der Waals surface area contributed by atoms with Crippen molar-refractivity contribution in [1.82, 2.24) is 0 Å². The maximum Gasteiger partial charge on any atom is 0.248 e. The first-order valence-electron chi connectivity index (χ1n) is 9.47. The maximum atomic E-state index is 12.1. The van der Waals surface area contributed by atoms with Gasteiger partial charge in [0, 0.05) is 24.4 Å². The highest BCUT2D eigenvalue weighted by molar-refractivity contribution is 6.03. The van der Waals surface area contributed by atoms with Crippen LogP contribution >= 0.6 is 0 Å². The molecule has 0 spiro atoms. The van der Waals surface area contributed by atoms with E-state index in [2.05, 4.69) is 10.6 Å². The number of hydrogen-bond acceptors (Lipinski definition) is 5. The Labute approximate surface area is 176 Å². The third kappa shape index (κ3) is 5.54. The van der Waals surface area contributed by atoms with Crippen molar-refractivity contribution >= 4 is 29.0 Å². The van der Waals surface area contributed by atoms with Gasteiger partial charge in [0.15, 0.2) is 11.5 Å². The zero-order chi connectivity index (χ0) is 21.3. The van der Waals surface area contributed by atoms with E-state index in [0.717, 1.165) is 16.8 Å². The fourth-order valence-corrected chi connectivity index (χ4v) is 2.85. The molecule has 6 heteroatoms. The zero-order valence-electron chi connectivity index (χ0n) is 17.0. The lowest BCUT2D eigenvalue weighted by Crippen LogP contribution is -2.09. The van der Waals surface area contributed by atoms with Crippen LogP contribution in [-0.4, -0.2) is 20.1 Å². The number of anilines is 3. The Bertz CT molecular complexity index is 1030. The van der Waals surface area contributed by atoms with Gasteiger partial charge in [0.2, 0.25) is 5.91 Å². The van der Waals surface area contributed by atoms with Crippen LogP contribution in [0.5, 0.6) is 11.5 Å². The molecule has 30 heavy (non-hydrogen) atoms. The summed E-state index contributed by atoms with van der Waals surface area (Å²) < 4.78 is 10.6. The van der Waals surface area contributed by atoms with Crippen LogP contribution in [0, 0.1) is 0 Å². The summed E-state index contributed by atoms with van der Waals surface area (Å²) in [4.78, 5) is 12.1. The molecule has 1 amide bonds. The molecule has 3 aromatic rings. The van der Waals surface area contributed by atoms with Crippen LogP contribution in [-0.2, 0) is 11.3 Å². The number of ether oxygens (including phenoxy) is 2. The average Bonchev–Trinajstić information content (AvgIpc) is 2.78. The summed E-state index contributed by atoms with van der Waals surface area (Å²) in [6.07, 6.45) is 3.25. The smallest absolute Gasteiger partial charge is 0.248 e. The fourth-order valence-electron chi connectivity index (χ4n) is 2.85. The third-order valence-electron chi connectivity index (χ3n) is 4.51. The minimum atomic E-state index is -0.230. The summed E-state index contributed by atoms with van der Waals surface area (Å²) in [5.41, 5.74) is 9.95.